The SMILES string of the molecule is CN(c1cccc(C(=O)NCc2cccnc2)c1)S(=O)(=O)c1ccc(Cl)cc1. The first-order chi connectivity index (χ1) is 13.4. The molecule has 0 saturated heterocycles. The highest BCUT2D eigenvalue weighted by Gasteiger charge is 2.22. The van der Waals surface area contributed by atoms with Gasteiger partial charge in [0.1, 0.15) is 0 Å². The molecule has 8 heteroatoms. The van der Waals surface area contributed by atoms with Crippen molar-refractivity contribution in [2.24, 2.45) is 0 Å². The number of anilines is 1. The lowest BCUT2D eigenvalue weighted by Gasteiger charge is -2.20. The normalized spacial score (nSPS) is 11.1. The summed E-state index contributed by atoms with van der Waals surface area (Å²) in [5, 5.41) is 3.25. The Balaban J connectivity index is 1.78. The van der Waals surface area contributed by atoms with Crippen LogP contribution in [-0.2, 0) is 16.6 Å². The summed E-state index contributed by atoms with van der Waals surface area (Å²) in [6.45, 7) is 0.329. The standard InChI is InChI=1S/C20H18ClN3O3S/c1-24(28(26,27)19-9-7-17(21)8-10-19)18-6-2-5-16(12-18)20(25)23-14-15-4-3-11-22-13-15/h2-13H,14H2,1H3,(H,23,25). The van der Waals surface area contributed by atoms with Crippen LogP contribution < -0.4 is 9.62 Å². The van der Waals surface area contributed by atoms with E-state index in [9.17, 15) is 13.2 Å². The molecule has 0 saturated carbocycles. The number of nitrogens with zero attached hydrogens (tertiary/aromatic N) is 2. The number of pyridine rings is 1. The molecule has 2 aromatic carbocycles. The number of amides is 1. The molecule has 6 nitrogen and oxygen atoms in total. The molecule has 0 aliphatic rings. The van der Waals surface area contributed by atoms with Gasteiger partial charge < -0.3 is 5.32 Å². The number of hydrogen-bond acceptors (Lipinski definition) is 4. The lowest BCUT2D eigenvalue weighted by molar-refractivity contribution is 0.0951. The van der Waals surface area contributed by atoms with Gasteiger partial charge >= 0.3 is 0 Å². The third-order valence-corrected chi connectivity index (χ3v) is 6.17. The number of sulfonamides is 1. The highest BCUT2D eigenvalue weighted by Crippen LogP contribution is 2.24. The molecular formula is C20H18ClN3O3S. The van der Waals surface area contributed by atoms with Crippen LogP contribution in [0.5, 0.6) is 0 Å². The topological polar surface area (TPSA) is 79.4 Å². The van der Waals surface area contributed by atoms with Gasteiger partial charge in [0, 0.05) is 36.6 Å². The minimum Gasteiger partial charge on any atom is -0.348 e. The van der Waals surface area contributed by atoms with Gasteiger partial charge in [-0.2, -0.15) is 0 Å². The van der Waals surface area contributed by atoms with Crippen molar-refractivity contribution in [1.82, 2.24) is 10.3 Å². The summed E-state index contributed by atoms with van der Waals surface area (Å²) in [6.07, 6.45) is 3.33. The second-order valence-electron chi connectivity index (χ2n) is 6.02. The van der Waals surface area contributed by atoms with E-state index >= 15 is 0 Å². The lowest BCUT2D eigenvalue weighted by atomic mass is 10.2. The second kappa shape index (κ2) is 8.41. The first kappa shape index (κ1) is 19.9. The summed E-state index contributed by atoms with van der Waals surface area (Å²) < 4.78 is 26.8. The highest BCUT2D eigenvalue weighted by molar-refractivity contribution is 7.92. The Morgan fingerprint density at radius 3 is 2.54 bits per heavy atom. The molecule has 1 N–H and O–H groups in total. The number of rotatable bonds is 6. The van der Waals surface area contributed by atoms with Gasteiger partial charge in [-0.3, -0.25) is 14.1 Å². The maximum Gasteiger partial charge on any atom is 0.264 e. The molecule has 1 aromatic heterocycles. The zero-order valence-electron chi connectivity index (χ0n) is 15.0. The largest absolute Gasteiger partial charge is 0.348 e. The van der Waals surface area contributed by atoms with Crippen LogP contribution in [0.3, 0.4) is 0 Å². The highest BCUT2D eigenvalue weighted by atomic mass is 35.5. The minimum atomic E-state index is -3.77. The van der Waals surface area contributed by atoms with Crippen molar-refractivity contribution in [3.05, 3.63) is 89.2 Å². The molecule has 0 aliphatic heterocycles. The first-order valence-corrected chi connectivity index (χ1v) is 10.2. The van der Waals surface area contributed by atoms with Gasteiger partial charge in [0.05, 0.1) is 10.6 Å². The van der Waals surface area contributed by atoms with Crippen molar-refractivity contribution < 1.29 is 13.2 Å². The van der Waals surface area contributed by atoms with E-state index in [2.05, 4.69) is 10.3 Å². The van der Waals surface area contributed by atoms with Crippen molar-refractivity contribution in [3.63, 3.8) is 0 Å². The van der Waals surface area contributed by atoms with Crippen LogP contribution in [0.1, 0.15) is 15.9 Å². The van der Waals surface area contributed by atoms with Gasteiger partial charge in [-0.05, 0) is 54.1 Å². The van der Waals surface area contributed by atoms with Crippen molar-refractivity contribution in [2.75, 3.05) is 11.4 Å². The summed E-state index contributed by atoms with van der Waals surface area (Å²) in [7, 11) is -2.33. The maximum absolute atomic E-state index is 12.8. The number of nitrogens with one attached hydrogen (secondary N) is 1. The Kier molecular flexibility index (Phi) is 5.96. The van der Waals surface area contributed by atoms with E-state index in [0.717, 1.165) is 9.87 Å². The molecule has 0 aliphatic carbocycles. The summed E-state index contributed by atoms with van der Waals surface area (Å²) >= 11 is 5.83. The van der Waals surface area contributed by atoms with Gasteiger partial charge in [0.25, 0.3) is 15.9 Å². The van der Waals surface area contributed by atoms with E-state index in [4.69, 9.17) is 11.6 Å². The molecule has 1 amide bonds. The average molecular weight is 416 g/mol. The molecule has 0 bridgehead atoms. The Morgan fingerprint density at radius 2 is 1.86 bits per heavy atom. The molecule has 3 aromatic rings. The molecule has 0 spiro atoms. The van der Waals surface area contributed by atoms with Crippen molar-refractivity contribution in [1.29, 1.82) is 0 Å². The van der Waals surface area contributed by atoms with Crippen molar-refractivity contribution in [2.45, 2.75) is 11.4 Å². The average Bonchev–Trinajstić information content (AvgIpc) is 2.72. The maximum atomic E-state index is 12.8. The number of carbonyl (C=O) groups is 1. The van der Waals surface area contributed by atoms with Crippen molar-refractivity contribution >= 4 is 33.2 Å². The zero-order valence-corrected chi connectivity index (χ0v) is 16.6. The van der Waals surface area contributed by atoms with Crippen LogP contribution in [0, 0.1) is 0 Å². The van der Waals surface area contributed by atoms with E-state index in [1.807, 2.05) is 6.07 Å². The van der Waals surface area contributed by atoms with Gasteiger partial charge in [-0.1, -0.05) is 23.7 Å². The van der Waals surface area contributed by atoms with E-state index < -0.39 is 10.0 Å². The van der Waals surface area contributed by atoms with E-state index in [1.165, 1.54) is 37.4 Å². The first-order valence-electron chi connectivity index (χ1n) is 8.39. The van der Waals surface area contributed by atoms with Crippen LogP contribution in [-0.4, -0.2) is 26.4 Å². The summed E-state index contributed by atoms with van der Waals surface area (Å²) in [5.41, 5.74) is 1.61. The van der Waals surface area contributed by atoms with E-state index in [0.29, 0.717) is 22.8 Å². The van der Waals surface area contributed by atoms with Gasteiger partial charge in [0.2, 0.25) is 0 Å². The van der Waals surface area contributed by atoms with E-state index in [1.54, 1.807) is 36.7 Å². The summed E-state index contributed by atoms with van der Waals surface area (Å²) in [4.78, 5) is 16.6. The van der Waals surface area contributed by atoms with E-state index in [-0.39, 0.29) is 10.8 Å². The van der Waals surface area contributed by atoms with Crippen molar-refractivity contribution in [3.8, 4) is 0 Å². The molecule has 0 unspecified atom stereocenters. The number of carbonyl (C=O) groups excluding carboxylic acids is 1. The fourth-order valence-corrected chi connectivity index (χ4v) is 3.85. The molecule has 1 heterocycles. The predicted molar refractivity (Wildman–Crippen MR) is 109 cm³/mol. The second-order valence-corrected chi connectivity index (χ2v) is 8.43. The Hall–Kier alpha value is -2.90. The zero-order chi connectivity index (χ0) is 20.1. The summed E-state index contributed by atoms with van der Waals surface area (Å²) in [5.74, 6) is -0.303. The van der Waals surface area contributed by atoms with Crippen LogP contribution in [0.15, 0.2) is 78.0 Å². The molecule has 0 radical (unpaired) electrons. The quantitative estimate of drug-likeness (QED) is 0.668. The third kappa shape index (κ3) is 4.49. The van der Waals surface area contributed by atoms with Crippen LogP contribution in [0.2, 0.25) is 5.02 Å². The molecule has 28 heavy (non-hydrogen) atoms. The van der Waals surface area contributed by atoms with Crippen LogP contribution >= 0.6 is 11.6 Å². The smallest absolute Gasteiger partial charge is 0.264 e. The Morgan fingerprint density at radius 1 is 1.11 bits per heavy atom. The Labute approximate surface area is 168 Å². The fraction of sp³-hybridized carbons (Fsp3) is 0.100. The number of aromatic nitrogens is 1. The molecule has 144 valence electrons. The molecule has 0 fully saturated rings. The molecule has 0 atom stereocenters. The number of hydrogen-bond donors (Lipinski definition) is 1. The van der Waals surface area contributed by atoms with Gasteiger partial charge in [-0.25, -0.2) is 8.42 Å². The lowest BCUT2D eigenvalue weighted by Crippen LogP contribution is -2.27. The van der Waals surface area contributed by atoms with Gasteiger partial charge in [0.15, 0.2) is 0 Å². The van der Waals surface area contributed by atoms with Gasteiger partial charge in [-0.15, -0.1) is 0 Å². The molecular weight excluding hydrogens is 398 g/mol. The fourth-order valence-electron chi connectivity index (χ4n) is 2.53. The monoisotopic (exact) mass is 415 g/mol. The van der Waals surface area contributed by atoms with Crippen LogP contribution in [0.25, 0.3) is 0 Å². The summed E-state index contributed by atoms with van der Waals surface area (Å²) in [6, 6.07) is 16.0. The predicted octanol–water partition coefficient (Wildman–Crippen LogP) is 3.49. The number of halogens is 1. The number of benzene rings is 2. The molecule has 3 rings (SSSR count). The Bertz CT molecular complexity index is 1070. The van der Waals surface area contributed by atoms with Crippen LogP contribution in [0.4, 0.5) is 5.69 Å². The third-order valence-electron chi connectivity index (χ3n) is 4.12. The minimum absolute atomic E-state index is 0.117.